The fourth-order valence-electron chi connectivity index (χ4n) is 3.57. The van der Waals surface area contributed by atoms with Crippen molar-refractivity contribution in [2.45, 2.75) is 47.6 Å². The smallest absolute Gasteiger partial charge is 0.257 e. The van der Waals surface area contributed by atoms with Crippen molar-refractivity contribution in [3.63, 3.8) is 0 Å². The molecule has 0 fully saturated rings. The topological polar surface area (TPSA) is 71.3 Å². The first-order chi connectivity index (χ1) is 15.3. The fourth-order valence-corrected chi connectivity index (χ4v) is 3.57. The van der Waals surface area contributed by atoms with Gasteiger partial charge in [-0.2, -0.15) is 5.10 Å². The minimum atomic E-state index is -0.387. The molecule has 0 saturated carbocycles. The van der Waals surface area contributed by atoms with Crippen molar-refractivity contribution >= 4 is 17.6 Å². The highest BCUT2D eigenvalue weighted by atomic mass is 19.1. The third kappa shape index (κ3) is 5.60. The molecule has 0 aliphatic carbocycles. The van der Waals surface area contributed by atoms with E-state index in [1.54, 1.807) is 0 Å². The lowest BCUT2D eigenvalue weighted by molar-refractivity contribution is 0.0977. The molecule has 0 unspecified atom stereocenters. The molecule has 3 aromatic rings. The van der Waals surface area contributed by atoms with Crippen molar-refractivity contribution in [1.29, 1.82) is 0 Å². The molecule has 0 aliphatic rings. The van der Waals surface area contributed by atoms with Crippen LogP contribution in [0.25, 0.3) is 0 Å². The van der Waals surface area contributed by atoms with E-state index in [9.17, 15) is 9.18 Å². The van der Waals surface area contributed by atoms with Gasteiger partial charge in [-0.3, -0.25) is 19.8 Å². The Morgan fingerprint density at radius 3 is 2.47 bits per heavy atom. The molecule has 0 radical (unpaired) electrons. The van der Waals surface area contributed by atoms with Crippen LogP contribution in [0.3, 0.4) is 0 Å². The maximum atomic E-state index is 13.2. The number of nitrogens with zero attached hydrogens (tertiary/aromatic N) is 3. The number of rotatable bonds is 6. The number of benzene rings is 2. The van der Waals surface area contributed by atoms with E-state index in [-0.39, 0.29) is 11.7 Å². The number of anilines is 1. The molecule has 6 nitrogen and oxygen atoms in total. The minimum absolute atomic E-state index is 0.353. The molecule has 0 saturated heterocycles. The van der Waals surface area contributed by atoms with Crippen LogP contribution >= 0.6 is 0 Å². The number of guanidine groups is 1. The summed E-state index contributed by atoms with van der Waals surface area (Å²) in [6.45, 7) is 11.4. The van der Waals surface area contributed by atoms with Crippen molar-refractivity contribution in [2.75, 3.05) is 11.9 Å². The Balaban J connectivity index is 1.82. The van der Waals surface area contributed by atoms with Gasteiger partial charge in [-0.25, -0.2) is 4.39 Å². The first-order valence-corrected chi connectivity index (χ1v) is 10.8. The van der Waals surface area contributed by atoms with Gasteiger partial charge < -0.3 is 5.32 Å². The number of hydrogen-bond donors (Lipinski definition) is 2. The van der Waals surface area contributed by atoms with E-state index in [0.717, 1.165) is 34.7 Å². The fraction of sp³-hybridized carbons (Fsp3) is 0.320. The van der Waals surface area contributed by atoms with E-state index in [1.165, 1.54) is 29.8 Å². The number of amides is 1. The van der Waals surface area contributed by atoms with E-state index in [4.69, 9.17) is 0 Å². The van der Waals surface area contributed by atoms with Crippen molar-refractivity contribution < 1.29 is 9.18 Å². The van der Waals surface area contributed by atoms with E-state index in [0.29, 0.717) is 24.5 Å². The van der Waals surface area contributed by atoms with Gasteiger partial charge in [0, 0.05) is 30.0 Å². The van der Waals surface area contributed by atoms with E-state index >= 15 is 0 Å². The van der Waals surface area contributed by atoms with E-state index in [1.807, 2.05) is 43.7 Å². The maximum Gasteiger partial charge on any atom is 0.257 e. The second-order valence-electron chi connectivity index (χ2n) is 7.85. The predicted molar refractivity (Wildman–Crippen MR) is 127 cm³/mol. The minimum Gasteiger partial charge on any atom is -0.326 e. The maximum absolute atomic E-state index is 13.2. The lowest BCUT2D eigenvalue weighted by Gasteiger charge is -2.14. The van der Waals surface area contributed by atoms with Crippen LogP contribution in [0.1, 0.15) is 45.4 Å². The molecule has 0 aliphatic heterocycles. The van der Waals surface area contributed by atoms with Crippen LogP contribution in [0.5, 0.6) is 0 Å². The molecule has 1 aromatic heterocycles. The van der Waals surface area contributed by atoms with Crippen LogP contribution in [-0.2, 0) is 13.0 Å². The van der Waals surface area contributed by atoms with Crippen LogP contribution in [0.2, 0.25) is 0 Å². The summed E-state index contributed by atoms with van der Waals surface area (Å²) in [6, 6.07) is 11.5. The van der Waals surface area contributed by atoms with Gasteiger partial charge in [-0.15, -0.1) is 0 Å². The Labute approximate surface area is 188 Å². The number of aliphatic imine (C=N–C) groups is 1. The molecule has 3 rings (SSSR count). The number of aromatic nitrogens is 2. The van der Waals surface area contributed by atoms with Crippen LogP contribution in [-0.4, -0.2) is 28.2 Å². The summed E-state index contributed by atoms with van der Waals surface area (Å²) in [6.07, 6.45) is 0.710. The molecule has 2 aromatic carbocycles. The van der Waals surface area contributed by atoms with Gasteiger partial charge in [-0.1, -0.05) is 12.1 Å². The van der Waals surface area contributed by atoms with Crippen LogP contribution in [0, 0.1) is 33.5 Å². The van der Waals surface area contributed by atoms with Gasteiger partial charge in [-0.05, 0) is 88.1 Å². The zero-order chi connectivity index (χ0) is 23.3. The van der Waals surface area contributed by atoms with Crippen LogP contribution in [0.4, 0.5) is 10.1 Å². The normalized spacial score (nSPS) is 11.5. The summed E-state index contributed by atoms with van der Waals surface area (Å²) >= 11 is 0. The standard InChI is InChI=1S/C25H30FN5O/c1-6-31-19(5)22(18(4)30-31)13-14-27-25(28-23-15-16(2)7-8-17(23)3)29-24(32)20-9-11-21(26)12-10-20/h7-12,15H,6,13-14H2,1-5H3,(H2,27,28,29,32). The molecule has 2 N–H and O–H groups in total. The molecule has 0 spiro atoms. The summed E-state index contributed by atoms with van der Waals surface area (Å²) in [5.74, 6) is -0.388. The van der Waals surface area contributed by atoms with Gasteiger partial charge in [0.05, 0.1) is 5.69 Å². The molecule has 0 bridgehead atoms. The Morgan fingerprint density at radius 1 is 1.09 bits per heavy atom. The molecule has 1 amide bonds. The first-order valence-electron chi connectivity index (χ1n) is 10.8. The highest BCUT2D eigenvalue weighted by Gasteiger charge is 2.13. The number of carbonyl (C=O) groups excluding carboxylic acids is 1. The second-order valence-corrected chi connectivity index (χ2v) is 7.85. The zero-order valence-electron chi connectivity index (χ0n) is 19.3. The first kappa shape index (κ1) is 23.2. The third-order valence-corrected chi connectivity index (χ3v) is 5.45. The van der Waals surface area contributed by atoms with Gasteiger partial charge in [0.2, 0.25) is 5.96 Å². The lowest BCUT2D eigenvalue weighted by atomic mass is 10.1. The van der Waals surface area contributed by atoms with Crippen molar-refractivity contribution in [3.05, 3.63) is 81.9 Å². The van der Waals surface area contributed by atoms with Crippen molar-refractivity contribution in [2.24, 2.45) is 4.99 Å². The SMILES string of the molecule is CCn1nc(C)c(CCN=C(NC(=O)c2ccc(F)cc2)Nc2cc(C)ccc2C)c1C. The average molecular weight is 436 g/mol. The van der Waals surface area contributed by atoms with Crippen LogP contribution in [0.15, 0.2) is 47.5 Å². The zero-order valence-corrected chi connectivity index (χ0v) is 19.3. The molecular weight excluding hydrogens is 405 g/mol. The summed E-state index contributed by atoms with van der Waals surface area (Å²) in [5.41, 5.74) is 6.67. The van der Waals surface area contributed by atoms with Crippen LogP contribution < -0.4 is 10.6 Å². The molecule has 7 heteroatoms. The van der Waals surface area contributed by atoms with E-state index in [2.05, 4.69) is 34.6 Å². The van der Waals surface area contributed by atoms with E-state index < -0.39 is 0 Å². The average Bonchev–Trinajstić information content (AvgIpc) is 3.04. The molecular formula is C25H30FN5O. The van der Waals surface area contributed by atoms with Gasteiger partial charge in [0.1, 0.15) is 5.82 Å². The molecule has 168 valence electrons. The monoisotopic (exact) mass is 435 g/mol. The number of carbonyl (C=O) groups is 1. The van der Waals surface area contributed by atoms with Crippen molar-refractivity contribution in [1.82, 2.24) is 15.1 Å². The highest BCUT2D eigenvalue weighted by molar-refractivity contribution is 6.10. The molecule has 1 heterocycles. The van der Waals surface area contributed by atoms with Gasteiger partial charge in [0.25, 0.3) is 5.91 Å². The highest BCUT2D eigenvalue weighted by Crippen LogP contribution is 2.17. The van der Waals surface area contributed by atoms with Crippen molar-refractivity contribution in [3.8, 4) is 0 Å². The number of aryl methyl sites for hydroxylation is 4. The predicted octanol–water partition coefficient (Wildman–Crippen LogP) is 4.72. The molecule has 0 atom stereocenters. The Hall–Kier alpha value is -3.48. The summed E-state index contributed by atoms with van der Waals surface area (Å²) in [5, 5.41) is 10.7. The lowest BCUT2D eigenvalue weighted by Crippen LogP contribution is -2.36. The van der Waals surface area contributed by atoms with Gasteiger partial charge in [0.15, 0.2) is 0 Å². The van der Waals surface area contributed by atoms with Gasteiger partial charge >= 0.3 is 0 Å². The quantitative estimate of drug-likeness (QED) is 0.435. The Kier molecular flexibility index (Phi) is 7.41. The second kappa shape index (κ2) is 10.2. The Morgan fingerprint density at radius 2 is 1.81 bits per heavy atom. The molecule has 32 heavy (non-hydrogen) atoms. The number of nitrogens with one attached hydrogen (secondary N) is 2. The largest absolute Gasteiger partial charge is 0.326 e. The summed E-state index contributed by atoms with van der Waals surface area (Å²) in [7, 11) is 0. The number of halogens is 1. The summed E-state index contributed by atoms with van der Waals surface area (Å²) < 4.78 is 15.2. The third-order valence-electron chi connectivity index (χ3n) is 5.45. The Bertz CT molecular complexity index is 1130. The summed E-state index contributed by atoms with van der Waals surface area (Å²) in [4.78, 5) is 17.4. The number of hydrogen-bond acceptors (Lipinski definition) is 3.